The molecule has 0 unspecified atom stereocenters. The molecule has 0 radical (unpaired) electrons. The third-order valence-electron chi connectivity index (χ3n) is 1.45. The van der Waals surface area contributed by atoms with Crippen LogP contribution in [0.4, 0.5) is 0 Å². The van der Waals surface area contributed by atoms with Gasteiger partial charge in [0.05, 0.1) is 0 Å². The van der Waals surface area contributed by atoms with Gasteiger partial charge in [0.2, 0.25) is 0 Å². The van der Waals surface area contributed by atoms with E-state index in [0.717, 1.165) is 0 Å². The zero-order valence-corrected chi connectivity index (χ0v) is 12.6. The maximum Gasteiger partial charge on any atom is 2.00 e. The molecule has 1 saturated carbocycles. The van der Waals surface area contributed by atoms with Crippen molar-refractivity contribution in [1.82, 2.24) is 0 Å². The minimum Gasteiger partial charge on any atom is 2.00 e. The Labute approximate surface area is 118 Å². The van der Waals surface area contributed by atoms with E-state index in [2.05, 4.69) is 45.3 Å². The Morgan fingerprint density at radius 1 is 0.882 bits per heavy atom. The van der Waals surface area contributed by atoms with Crippen LogP contribution in [0.1, 0.15) is 32.1 Å². The molecule has 4 heteroatoms. The topological polar surface area (TPSA) is 59.7 Å². The van der Waals surface area contributed by atoms with Gasteiger partial charge in [-0.2, -0.15) is 6.92 Å². The van der Waals surface area contributed by atoms with E-state index in [0.29, 0.717) is 0 Å². The molecule has 0 aromatic heterocycles. The van der Waals surface area contributed by atoms with Gasteiger partial charge in [0, 0.05) is 0 Å². The first-order chi connectivity index (χ1) is 7.91. The van der Waals surface area contributed by atoms with Crippen molar-refractivity contribution in [2.75, 3.05) is 0 Å². The SMILES string of the molecule is C1CCCC1.C=CC#C[CH2-].[C-]#[O+].[C-]#[O+].[C-]#[O+].[W+2]. The fraction of sp³-hybridized carbons (Fsp3) is 0.385. The van der Waals surface area contributed by atoms with Crippen LogP contribution in [0.25, 0.3) is 0 Å². The summed E-state index contributed by atoms with van der Waals surface area (Å²) in [5.74, 6) is 4.91. The fourth-order valence-corrected chi connectivity index (χ4v) is 0.956. The van der Waals surface area contributed by atoms with Crippen molar-refractivity contribution in [2.24, 2.45) is 0 Å². The summed E-state index contributed by atoms with van der Waals surface area (Å²) in [6, 6.07) is 0. The van der Waals surface area contributed by atoms with Crippen LogP contribution in [0.15, 0.2) is 12.7 Å². The Morgan fingerprint density at radius 2 is 1.12 bits per heavy atom. The first-order valence-corrected chi connectivity index (χ1v) is 4.41. The Hall–Kier alpha value is -0.922. The van der Waals surface area contributed by atoms with Crippen LogP contribution < -0.4 is 0 Å². The molecule has 0 aromatic carbocycles. The molecule has 0 amide bonds. The molecule has 1 fully saturated rings. The van der Waals surface area contributed by atoms with E-state index >= 15 is 0 Å². The van der Waals surface area contributed by atoms with Crippen molar-refractivity contribution in [3.8, 4) is 11.8 Å². The van der Waals surface area contributed by atoms with Gasteiger partial charge in [0.1, 0.15) is 0 Å². The average Bonchev–Trinajstić information content (AvgIpc) is 2.97. The second kappa shape index (κ2) is 59.6. The molecular formula is C13H15O3W+. The van der Waals surface area contributed by atoms with Crippen LogP contribution in [-0.2, 0) is 35.0 Å². The van der Waals surface area contributed by atoms with Gasteiger partial charge < -0.3 is 5.92 Å². The summed E-state index contributed by atoms with van der Waals surface area (Å²) >= 11 is 0. The average molecular weight is 403 g/mol. The molecule has 0 atom stereocenters. The summed E-state index contributed by atoms with van der Waals surface area (Å²) in [4.78, 5) is 0. The zero-order chi connectivity index (χ0) is 13.7. The standard InChI is InChI=1S/C5H10.C5H5.3CO.W/c1-2-4-5-3-1;1-3-5-4-2;3*1-2;/h1-5H2;3H,1-2H2;;;;/q;-1;;;;+2. The molecule has 0 heterocycles. The molecule has 0 spiro atoms. The van der Waals surface area contributed by atoms with Gasteiger partial charge >= 0.3 is 55.0 Å². The van der Waals surface area contributed by atoms with Crippen LogP contribution >= 0.6 is 0 Å². The van der Waals surface area contributed by atoms with Crippen LogP contribution in [0.3, 0.4) is 0 Å². The monoisotopic (exact) mass is 403 g/mol. The summed E-state index contributed by atoms with van der Waals surface area (Å²) in [5.41, 5.74) is 0. The summed E-state index contributed by atoms with van der Waals surface area (Å²) in [7, 11) is 0. The van der Waals surface area contributed by atoms with Crippen molar-refractivity contribution in [1.29, 1.82) is 0 Å². The molecule has 0 bridgehead atoms. The third kappa shape index (κ3) is 69.8. The summed E-state index contributed by atoms with van der Waals surface area (Å²) in [5, 5.41) is 0. The second-order valence-corrected chi connectivity index (χ2v) is 2.29. The van der Waals surface area contributed by atoms with Crippen molar-refractivity contribution in [3.63, 3.8) is 0 Å². The maximum absolute atomic E-state index is 7.50. The molecule has 0 aliphatic heterocycles. The Kier molecular flexibility index (Phi) is 105. The normalized spacial score (nSPS) is 8.59. The van der Waals surface area contributed by atoms with Crippen molar-refractivity contribution in [2.45, 2.75) is 32.1 Å². The van der Waals surface area contributed by atoms with Crippen molar-refractivity contribution < 1.29 is 35.0 Å². The van der Waals surface area contributed by atoms with Crippen LogP contribution in [0, 0.1) is 38.7 Å². The Balaban J connectivity index is -0.0000000380. The predicted octanol–water partition coefficient (Wildman–Crippen LogP) is 2.85. The van der Waals surface area contributed by atoms with Gasteiger partial charge in [-0.15, -0.1) is 12.7 Å². The quantitative estimate of drug-likeness (QED) is 0.340. The van der Waals surface area contributed by atoms with Crippen LogP contribution in [0.2, 0.25) is 0 Å². The largest absolute Gasteiger partial charge is 2.00 e. The Bertz CT molecular complexity index is 205. The van der Waals surface area contributed by atoms with Crippen LogP contribution in [0.5, 0.6) is 0 Å². The van der Waals surface area contributed by atoms with Gasteiger partial charge in [0.15, 0.2) is 0 Å². The van der Waals surface area contributed by atoms with Gasteiger partial charge in [-0.05, 0) is 0 Å². The zero-order valence-electron chi connectivity index (χ0n) is 9.66. The minimum absolute atomic E-state index is 0. The van der Waals surface area contributed by atoms with Gasteiger partial charge in [-0.1, -0.05) is 32.1 Å². The molecular weight excluding hydrogens is 388 g/mol. The third-order valence-corrected chi connectivity index (χ3v) is 1.45. The summed E-state index contributed by atoms with van der Waals surface area (Å²) in [6.07, 6.45) is 9.01. The molecule has 17 heavy (non-hydrogen) atoms. The first kappa shape index (κ1) is 29.8. The van der Waals surface area contributed by atoms with E-state index in [4.69, 9.17) is 14.0 Å². The number of hydrogen-bond donors (Lipinski definition) is 0. The maximum atomic E-state index is 7.50. The van der Waals surface area contributed by atoms with Crippen molar-refractivity contribution in [3.05, 3.63) is 39.5 Å². The second-order valence-electron chi connectivity index (χ2n) is 2.29. The Morgan fingerprint density at radius 3 is 1.18 bits per heavy atom. The molecule has 1 aliphatic rings. The molecule has 0 N–H and O–H groups in total. The smallest absolute Gasteiger partial charge is 2.00 e. The first-order valence-electron chi connectivity index (χ1n) is 4.41. The number of allylic oxidation sites excluding steroid dienone is 1. The van der Waals surface area contributed by atoms with Crippen molar-refractivity contribution >= 4 is 0 Å². The van der Waals surface area contributed by atoms with E-state index in [1.165, 1.54) is 38.2 Å². The molecule has 0 aromatic rings. The molecule has 90 valence electrons. The van der Waals surface area contributed by atoms with E-state index < -0.39 is 0 Å². The number of rotatable bonds is 0. The van der Waals surface area contributed by atoms with E-state index in [-0.39, 0.29) is 21.1 Å². The minimum atomic E-state index is 0. The van der Waals surface area contributed by atoms with Gasteiger partial charge in [0.25, 0.3) is 0 Å². The van der Waals surface area contributed by atoms with Gasteiger partial charge in [-0.25, -0.2) is 0 Å². The molecule has 0 saturated heterocycles. The predicted molar refractivity (Wildman–Crippen MR) is 58.2 cm³/mol. The summed E-state index contributed by atoms with van der Waals surface area (Å²) < 4.78 is 22.5. The number of hydrogen-bond acceptors (Lipinski definition) is 0. The van der Waals surface area contributed by atoms with E-state index in [9.17, 15) is 0 Å². The van der Waals surface area contributed by atoms with Gasteiger partial charge in [-0.3, -0.25) is 5.92 Å². The van der Waals surface area contributed by atoms with Crippen LogP contribution in [-0.4, -0.2) is 0 Å². The van der Waals surface area contributed by atoms with E-state index in [1.54, 1.807) is 0 Å². The molecule has 1 rings (SSSR count). The van der Waals surface area contributed by atoms with E-state index in [1.807, 2.05) is 0 Å². The summed E-state index contributed by atoms with van der Waals surface area (Å²) in [6.45, 7) is 20.1. The fourth-order valence-electron chi connectivity index (χ4n) is 0.956. The molecule has 1 aliphatic carbocycles. The molecule has 3 nitrogen and oxygen atoms in total.